The summed E-state index contributed by atoms with van der Waals surface area (Å²) in [7, 11) is -3.47. The lowest BCUT2D eigenvalue weighted by atomic mass is 9.79. The zero-order chi connectivity index (χ0) is 10.4. The molecule has 0 saturated carbocycles. The Kier molecular flexibility index (Phi) is 2.06. The molecule has 1 amide bonds. The zero-order valence-electron chi connectivity index (χ0n) is 7.74. The minimum absolute atomic E-state index is 0.0476. The summed E-state index contributed by atoms with van der Waals surface area (Å²) in [5.74, 6) is -0.0476. The maximum Gasteiger partial charge on any atom is 0.265 e. The lowest BCUT2D eigenvalue weighted by Gasteiger charge is -2.45. The van der Waals surface area contributed by atoms with Crippen LogP contribution in [0, 0.1) is 5.41 Å². The molecule has 7 heteroatoms. The van der Waals surface area contributed by atoms with Crippen LogP contribution in [0.4, 0.5) is 0 Å². The summed E-state index contributed by atoms with van der Waals surface area (Å²) in [6.07, 6.45) is 0.780. The van der Waals surface area contributed by atoms with Gasteiger partial charge >= 0.3 is 0 Å². The average molecular weight is 220 g/mol. The van der Waals surface area contributed by atoms with Crippen LogP contribution in [-0.2, 0) is 19.1 Å². The van der Waals surface area contributed by atoms with Crippen molar-refractivity contribution in [2.45, 2.75) is 12.6 Å². The first-order valence-electron chi connectivity index (χ1n) is 4.30. The molecule has 0 aromatic carbocycles. The molecule has 14 heavy (non-hydrogen) atoms. The zero-order valence-corrected chi connectivity index (χ0v) is 8.56. The first kappa shape index (κ1) is 9.88. The Balaban J connectivity index is 2.06. The molecule has 1 spiro atoms. The van der Waals surface area contributed by atoms with Crippen molar-refractivity contribution in [2.24, 2.45) is 5.41 Å². The van der Waals surface area contributed by atoms with Crippen molar-refractivity contribution in [3.63, 3.8) is 0 Å². The van der Waals surface area contributed by atoms with Gasteiger partial charge in [0.1, 0.15) is 6.23 Å². The first-order valence-corrected chi connectivity index (χ1v) is 6.11. The van der Waals surface area contributed by atoms with Gasteiger partial charge in [0.25, 0.3) is 10.1 Å². The molecule has 80 valence electrons. The van der Waals surface area contributed by atoms with Gasteiger partial charge < -0.3 is 5.32 Å². The molecular formula is C7H12N2O4S. The third-order valence-electron chi connectivity index (χ3n) is 2.62. The van der Waals surface area contributed by atoms with Gasteiger partial charge in [-0.05, 0) is 0 Å². The molecule has 2 N–H and O–H groups in total. The van der Waals surface area contributed by atoms with E-state index in [0.29, 0.717) is 19.5 Å². The van der Waals surface area contributed by atoms with E-state index in [9.17, 15) is 13.2 Å². The molecule has 2 unspecified atom stereocenters. The van der Waals surface area contributed by atoms with Crippen molar-refractivity contribution in [3.05, 3.63) is 0 Å². The van der Waals surface area contributed by atoms with Gasteiger partial charge in [0.15, 0.2) is 0 Å². The summed E-state index contributed by atoms with van der Waals surface area (Å²) in [4.78, 5) is 11.0. The highest BCUT2D eigenvalue weighted by atomic mass is 32.2. The Morgan fingerprint density at radius 1 is 1.50 bits per heavy atom. The minimum atomic E-state index is -3.47. The second kappa shape index (κ2) is 2.91. The molecule has 2 rings (SSSR count). The van der Waals surface area contributed by atoms with E-state index in [1.807, 2.05) is 0 Å². The number of rotatable bonds is 2. The van der Waals surface area contributed by atoms with Crippen LogP contribution in [0.1, 0.15) is 6.42 Å². The van der Waals surface area contributed by atoms with Crippen molar-refractivity contribution >= 4 is 16.0 Å². The predicted molar refractivity (Wildman–Crippen MR) is 47.8 cm³/mol. The molecule has 0 aromatic rings. The number of hydrogen-bond donors (Lipinski definition) is 2. The highest BCUT2D eigenvalue weighted by Crippen LogP contribution is 2.37. The van der Waals surface area contributed by atoms with E-state index in [1.54, 1.807) is 0 Å². The topological polar surface area (TPSA) is 84.5 Å². The lowest BCUT2D eigenvalue weighted by molar-refractivity contribution is -0.121. The van der Waals surface area contributed by atoms with E-state index in [0.717, 1.165) is 6.26 Å². The van der Waals surface area contributed by atoms with Crippen molar-refractivity contribution < 1.29 is 17.4 Å². The Morgan fingerprint density at radius 2 is 2.21 bits per heavy atom. The van der Waals surface area contributed by atoms with Gasteiger partial charge in [-0.15, -0.1) is 0 Å². The number of nitrogens with one attached hydrogen (secondary N) is 2. The number of amides is 1. The second-order valence-corrected chi connectivity index (χ2v) is 5.48. The molecule has 0 aliphatic carbocycles. The van der Waals surface area contributed by atoms with E-state index in [1.165, 1.54) is 0 Å². The third-order valence-corrected chi connectivity index (χ3v) is 3.16. The smallest absolute Gasteiger partial charge is 0.265 e. The largest absolute Gasteiger partial charge is 0.355 e. The van der Waals surface area contributed by atoms with E-state index < -0.39 is 16.3 Å². The second-order valence-electron chi connectivity index (χ2n) is 3.88. The molecule has 2 aliphatic heterocycles. The van der Waals surface area contributed by atoms with Crippen LogP contribution in [0.25, 0.3) is 0 Å². The maximum absolute atomic E-state index is 11.0. The third kappa shape index (κ3) is 1.62. The van der Waals surface area contributed by atoms with Crippen LogP contribution in [0.3, 0.4) is 0 Å². The molecule has 2 saturated heterocycles. The van der Waals surface area contributed by atoms with Gasteiger partial charge in [-0.2, -0.15) is 8.42 Å². The van der Waals surface area contributed by atoms with E-state index in [4.69, 9.17) is 4.18 Å². The van der Waals surface area contributed by atoms with Crippen molar-refractivity contribution in [2.75, 3.05) is 19.3 Å². The molecule has 0 bridgehead atoms. The monoisotopic (exact) mass is 220 g/mol. The highest BCUT2D eigenvalue weighted by molar-refractivity contribution is 7.86. The number of carbonyl (C=O) groups is 1. The van der Waals surface area contributed by atoms with Gasteiger partial charge in [0, 0.05) is 19.5 Å². The van der Waals surface area contributed by atoms with Gasteiger partial charge in [-0.25, -0.2) is 0 Å². The van der Waals surface area contributed by atoms with Gasteiger partial charge in [0.2, 0.25) is 5.91 Å². The normalized spacial score (nSPS) is 36.9. The summed E-state index contributed by atoms with van der Waals surface area (Å²) in [5, 5.41) is 5.54. The van der Waals surface area contributed by atoms with Crippen LogP contribution in [-0.4, -0.2) is 39.9 Å². The van der Waals surface area contributed by atoms with Gasteiger partial charge in [0.05, 0.1) is 11.7 Å². The van der Waals surface area contributed by atoms with Crippen LogP contribution in [0.2, 0.25) is 0 Å². The fraction of sp³-hybridized carbons (Fsp3) is 0.857. The van der Waals surface area contributed by atoms with E-state index in [2.05, 4.69) is 10.6 Å². The highest BCUT2D eigenvalue weighted by Gasteiger charge is 2.53. The van der Waals surface area contributed by atoms with Crippen molar-refractivity contribution in [1.82, 2.24) is 10.6 Å². The predicted octanol–water partition coefficient (Wildman–Crippen LogP) is -1.60. The molecule has 2 fully saturated rings. The van der Waals surface area contributed by atoms with Gasteiger partial charge in [-0.1, -0.05) is 0 Å². The average Bonchev–Trinajstić information content (AvgIpc) is 2.43. The standard InChI is InChI=1S/C7H12N2O4S/c1-14(11,12)13-6-7(4-9-6)2-5(10)8-3-7/h6,9H,2-4H2,1H3,(H,8,10). The van der Waals surface area contributed by atoms with Crippen LogP contribution in [0.5, 0.6) is 0 Å². The van der Waals surface area contributed by atoms with Crippen LogP contribution in [0.15, 0.2) is 0 Å². The Morgan fingerprint density at radius 3 is 2.57 bits per heavy atom. The van der Waals surface area contributed by atoms with Crippen LogP contribution < -0.4 is 10.6 Å². The molecule has 2 heterocycles. The molecule has 0 radical (unpaired) electrons. The number of carbonyl (C=O) groups excluding carboxylic acids is 1. The summed E-state index contributed by atoms with van der Waals surface area (Å²) >= 11 is 0. The fourth-order valence-corrected chi connectivity index (χ4v) is 2.44. The van der Waals surface area contributed by atoms with E-state index in [-0.39, 0.29) is 11.3 Å². The Hall–Kier alpha value is -0.660. The molecule has 0 aromatic heterocycles. The Labute approximate surface area is 82.1 Å². The minimum Gasteiger partial charge on any atom is -0.355 e. The summed E-state index contributed by atoms with van der Waals surface area (Å²) in [6, 6.07) is 0. The Bertz CT molecular complexity index is 366. The van der Waals surface area contributed by atoms with Crippen molar-refractivity contribution in [1.29, 1.82) is 0 Å². The molecule has 6 nitrogen and oxygen atoms in total. The van der Waals surface area contributed by atoms with Crippen molar-refractivity contribution in [3.8, 4) is 0 Å². The number of hydrogen-bond acceptors (Lipinski definition) is 5. The van der Waals surface area contributed by atoms with Gasteiger partial charge in [-0.3, -0.25) is 14.3 Å². The maximum atomic E-state index is 11.0. The van der Waals surface area contributed by atoms with E-state index >= 15 is 0 Å². The summed E-state index contributed by atoms with van der Waals surface area (Å²) in [6.45, 7) is 1.10. The first-order chi connectivity index (χ1) is 6.41. The van der Waals surface area contributed by atoms with Crippen LogP contribution >= 0.6 is 0 Å². The molecule has 2 atom stereocenters. The summed E-state index contributed by atoms with van der Waals surface area (Å²) in [5.41, 5.74) is -0.361. The SMILES string of the molecule is CS(=O)(=O)OC1NCC12CNC(=O)C2. The lowest BCUT2D eigenvalue weighted by Crippen LogP contribution is -2.65. The summed E-state index contributed by atoms with van der Waals surface area (Å²) < 4.78 is 26.6. The molecular weight excluding hydrogens is 208 g/mol. The molecule has 2 aliphatic rings. The fourth-order valence-electron chi connectivity index (χ4n) is 1.81. The quantitative estimate of drug-likeness (QED) is 0.547.